The van der Waals surface area contributed by atoms with E-state index in [1.54, 1.807) is 43.0 Å². The van der Waals surface area contributed by atoms with Crippen LogP contribution in [0.15, 0.2) is 85.9 Å². The van der Waals surface area contributed by atoms with E-state index in [0.29, 0.717) is 11.4 Å². The van der Waals surface area contributed by atoms with Crippen LogP contribution in [0.3, 0.4) is 0 Å². The van der Waals surface area contributed by atoms with Crippen molar-refractivity contribution in [3.63, 3.8) is 0 Å². The van der Waals surface area contributed by atoms with Gasteiger partial charge in [-0.15, -0.1) is 0 Å². The molecule has 10 heteroatoms. The highest BCUT2D eigenvalue weighted by atomic mass is 32.2. The number of carbonyl (C=O) groups is 1. The molecule has 0 spiro atoms. The lowest BCUT2D eigenvalue weighted by atomic mass is 10.1. The Bertz CT molecular complexity index is 1610. The first-order valence-electron chi connectivity index (χ1n) is 12.0. The molecule has 188 valence electrons. The molecule has 1 atom stereocenters. The third-order valence-electron chi connectivity index (χ3n) is 6.42. The lowest BCUT2D eigenvalue weighted by Gasteiger charge is -2.22. The number of anilines is 1. The van der Waals surface area contributed by atoms with Gasteiger partial charge in [0.05, 0.1) is 22.2 Å². The molecule has 0 radical (unpaired) electrons. The fraction of sp³-hybridized carbons (Fsp3) is 0.222. The van der Waals surface area contributed by atoms with Gasteiger partial charge in [0.15, 0.2) is 0 Å². The lowest BCUT2D eigenvalue weighted by molar-refractivity contribution is 0.0982. The van der Waals surface area contributed by atoms with Crippen LogP contribution < -0.4 is 9.62 Å². The lowest BCUT2D eigenvalue weighted by Crippen LogP contribution is -2.32. The summed E-state index contributed by atoms with van der Waals surface area (Å²) in [7, 11) is -3.76. The first-order valence-corrected chi connectivity index (χ1v) is 14.3. The van der Waals surface area contributed by atoms with Crippen LogP contribution in [0.25, 0.3) is 11.4 Å². The zero-order valence-electron chi connectivity index (χ0n) is 20.2. The Hall–Kier alpha value is -3.47. The number of nitrogens with zero attached hydrogens (tertiary/aromatic N) is 3. The molecule has 3 aromatic carbocycles. The predicted molar refractivity (Wildman–Crippen MR) is 140 cm³/mol. The Balaban J connectivity index is 1.29. The third-order valence-corrected chi connectivity index (χ3v) is 9.10. The van der Waals surface area contributed by atoms with Crippen LogP contribution >= 0.6 is 11.8 Å². The molecule has 1 aromatic heterocycles. The van der Waals surface area contributed by atoms with Crippen molar-refractivity contribution in [2.24, 2.45) is 0 Å². The van der Waals surface area contributed by atoms with E-state index >= 15 is 0 Å². The molecule has 6 rings (SSSR count). The maximum absolute atomic E-state index is 13.4. The van der Waals surface area contributed by atoms with Gasteiger partial charge in [-0.05, 0) is 69.2 Å². The molecule has 1 saturated carbocycles. The molecule has 1 amide bonds. The van der Waals surface area contributed by atoms with E-state index in [0.717, 1.165) is 39.4 Å². The number of aryl methyl sites for hydroxylation is 1. The van der Waals surface area contributed by atoms with Crippen molar-refractivity contribution in [2.45, 2.75) is 53.5 Å². The van der Waals surface area contributed by atoms with Gasteiger partial charge in [0.1, 0.15) is 0 Å². The van der Waals surface area contributed by atoms with Crippen molar-refractivity contribution in [1.82, 2.24) is 14.9 Å². The van der Waals surface area contributed by atoms with E-state index in [4.69, 9.17) is 4.52 Å². The van der Waals surface area contributed by atoms with Gasteiger partial charge in [-0.25, -0.2) is 8.42 Å². The number of carbonyl (C=O) groups excluding carboxylic acids is 1. The van der Waals surface area contributed by atoms with Gasteiger partial charge in [-0.2, -0.15) is 9.71 Å². The minimum Gasteiger partial charge on any atom is -0.337 e. The SMILES string of the molecule is Cc1ccc(S(=O)(=O)N[C@@H](C)c2nc(-c3ccc4c(c3)Sc3ccccc3C(=O)N4C3CC3)no2)cc1. The number of amides is 1. The van der Waals surface area contributed by atoms with Crippen molar-refractivity contribution >= 4 is 33.4 Å². The Morgan fingerprint density at radius 3 is 2.57 bits per heavy atom. The maximum atomic E-state index is 13.4. The van der Waals surface area contributed by atoms with E-state index < -0.39 is 16.1 Å². The third kappa shape index (κ3) is 4.56. The molecule has 1 fully saturated rings. The van der Waals surface area contributed by atoms with Gasteiger partial charge in [-0.1, -0.05) is 46.7 Å². The van der Waals surface area contributed by atoms with Gasteiger partial charge >= 0.3 is 0 Å². The molecule has 0 bridgehead atoms. The minimum atomic E-state index is -3.76. The summed E-state index contributed by atoms with van der Waals surface area (Å²) in [6.45, 7) is 3.56. The van der Waals surface area contributed by atoms with E-state index in [2.05, 4.69) is 14.9 Å². The van der Waals surface area contributed by atoms with Gasteiger partial charge in [0.2, 0.25) is 21.7 Å². The molecule has 37 heavy (non-hydrogen) atoms. The second-order valence-corrected chi connectivity index (χ2v) is 12.1. The monoisotopic (exact) mass is 532 g/mol. The fourth-order valence-corrected chi connectivity index (χ4v) is 6.62. The molecule has 0 saturated heterocycles. The second-order valence-electron chi connectivity index (χ2n) is 9.30. The van der Waals surface area contributed by atoms with Gasteiger partial charge in [0.25, 0.3) is 5.91 Å². The smallest absolute Gasteiger partial charge is 0.259 e. The Kier molecular flexibility index (Phi) is 5.89. The Labute approximate surface area is 219 Å². The Morgan fingerprint density at radius 1 is 1.05 bits per heavy atom. The molecule has 1 aliphatic carbocycles. The van der Waals surface area contributed by atoms with Crippen LogP contribution in [0.5, 0.6) is 0 Å². The van der Waals surface area contributed by atoms with E-state index in [1.807, 2.05) is 54.3 Å². The first kappa shape index (κ1) is 23.9. The summed E-state index contributed by atoms with van der Waals surface area (Å²) in [5.41, 5.74) is 3.27. The number of sulfonamides is 1. The van der Waals surface area contributed by atoms with E-state index in [-0.39, 0.29) is 22.7 Å². The number of rotatable bonds is 6. The van der Waals surface area contributed by atoms with Crippen LogP contribution in [-0.4, -0.2) is 30.5 Å². The summed E-state index contributed by atoms with van der Waals surface area (Å²) in [6, 6.07) is 19.5. The molecular weight excluding hydrogens is 508 g/mol. The zero-order valence-corrected chi connectivity index (χ0v) is 21.8. The van der Waals surface area contributed by atoms with Crippen LogP contribution in [0.2, 0.25) is 0 Å². The Morgan fingerprint density at radius 2 is 1.81 bits per heavy atom. The van der Waals surface area contributed by atoms with Crippen molar-refractivity contribution in [3.8, 4) is 11.4 Å². The summed E-state index contributed by atoms with van der Waals surface area (Å²) in [5, 5.41) is 4.11. The number of aromatic nitrogens is 2. The first-order chi connectivity index (χ1) is 17.8. The molecule has 1 N–H and O–H groups in total. The molecule has 8 nitrogen and oxygen atoms in total. The van der Waals surface area contributed by atoms with Gasteiger partial charge in [0, 0.05) is 21.4 Å². The number of fused-ring (bicyclic) bond motifs is 2. The molecular formula is C27H24N4O4S2. The second kappa shape index (κ2) is 9.13. The molecule has 1 aliphatic heterocycles. The standard InChI is InChI=1S/C27H24N4O4S2/c1-16-7-12-20(13-8-16)37(33,34)30-17(2)26-28-25(29-35-26)18-9-14-22-24(15-18)36-23-6-4-3-5-21(23)27(32)31(22)19-10-11-19/h3-9,12-15,17,19,30H,10-11H2,1-2H3/t17-/m0/s1. The predicted octanol–water partition coefficient (Wildman–Crippen LogP) is 5.36. The summed E-state index contributed by atoms with van der Waals surface area (Å²) >= 11 is 1.54. The van der Waals surface area contributed by atoms with E-state index in [9.17, 15) is 13.2 Å². The maximum Gasteiger partial charge on any atom is 0.259 e. The average Bonchev–Trinajstić information content (AvgIpc) is 3.60. The number of hydrogen-bond acceptors (Lipinski definition) is 7. The van der Waals surface area contributed by atoms with Crippen molar-refractivity contribution in [1.29, 1.82) is 0 Å². The van der Waals surface area contributed by atoms with Crippen molar-refractivity contribution in [2.75, 3.05) is 4.90 Å². The highest BCUT2D eigenvalue weighted by Gasteiger charge is 2.38. The molecule has 2 aliphatic rings. The van der Waals surface area contributed by atoms with E-state index in [1.165, 1.54) is 0 Å². The summed E-state index contributed by atoms with van der Waals surface area (Å²) in [6.07, 6.45) is 1.98. The quantitative estimate of drug-likeness (QED) is 0.356. The normalized spacial score (nSPS) is 16.2. The van der Waals surface area contributed by atoms with Gasteiger partial charge in [-0.3, -0.25) is 4.79 Å². The average molecular weight is 533 g/mol. The fourth-order valence-electron chi connectivity index (χ4n) is 4.32. The van der Waals surface area contributed by atoms with Crippen molar-refractivity contribution < 1.29 is 17.7 Å². The zero-order chi connectivity index (χ0) is 25.7. The molecule has 4 aromatic rings. The number of hydrogen-bond donors (Lipinski definition) is 1. The summed E-state index contributed by atoms with van der Waals surface area (Å²) in [4.78, 5) is 21.8. The number of benzene rings is 3. The highest BCUT2D eigenvalue weighted by Crippen LogP contribution is 2.46. The van der Waals surface area contributed by atoms with Crippen LogP contribution in [0.4, 0.5) is 5.69 Å². The minimum absolute atomic E-state index is 0.0219. The highest BCUT2D eigenvalue weighted by molar-refractivity contribution is 7.99. The number of nitrogens with one attached hydrogen (secondary N) is 1. The summed E-state index contributed by atoms with van der Waals surface area (Å²) < 4.78 is 33.6. The molecule has 0 unspecified atom stereocenters. The largest absolute Gasteiger partial charge is 0.337 e. The van der Waals surface area contributed by atoms with Crippen molar-refractivity contribution in [3.05, 3.63) is 83.7 Å². The van der Waals surface area contributed by atoms with Gasteiger partial charge < -0.3 is 9.42 Å². The summed E-state index contributed by atoms with van der Waals surface area (Å²) in [5.74, 6) is 0.531. The molecule has 2 heterocycles. The van der Waals surface area contributed by atoms with Crippen LogP contribution in [0, 0.1) is 6.92 Å². The van der Waals surface area contributed by atoms with Crippen LogP contribution in [-0.2, 0) is 10.0 Å². The van der Waals surface area contributed by atoms with Crippen LogP contribution in [0.1, 0.15) is 47.6 Å². The topological polar surface area (TPSA) is 105 Å².